The molecule has 9 nitrogen and oxygen atoms in total. The van der Waals surface area contributed by atoms with E-state index in [9.17, 15) is 18.0 Å². The molecule has 0 saturated heterocycles. The molecule has 2 aromatic carbocycles. The number of carbonyl (C=O) groups is 2. The molecule has 0 aromatic heterocycles. The molecule has 3 rings (SSSR count). The van der Waals surface area contributed by atoms with Crippen LogP contribution in [0.25, 0.3) is 0 Å². The van der Waals surface area contributed by atoms with Crippen LogP contribution >= 0.6 is 0 Å². The van der Waals surface area contributed by atoms with Crippen molar-refractivity contribution in [2.45, 2.75) is 32.9 Å². The molecule has 0 spiro atoms. The Hall–Kier alpha value is -3.27. The zero-order valence-electron chi connectivity index (χ0n) is 19.7. The van der Waals surface area contributed by atoms with E-state index >= 15 is 0 Å². The second-order valence-electron chi connectivity index (χ2n) is 7.78. The predicted octanol–water partition coefficient (Wildman–Crippen LogP) is 2.17. The summed E-state index contributed by atoms with van der Waals surface area (Å²) in [5.74, 6) is -0.0423. The minimum atomic E-state index is -3.81. The van der Waals surface area contributed by atoms with Gasteiger partial charge in [-0.1, -0.05) is 37.3 Å². The Labute approximate surface area is 200 Å². The molecule has 0 fully saturated rings. The van der Waals surface area contributed by atoms with Crippen LogP contribution in [0, 0.1) is 0 Å². The molecule has 0 bridgehead atoms. The first kappa shape index (κ1) is 25.4. The molecular weight excluding hydrogens is 458 g/mol. The predicted molar refractivity (Wildman–Crippen MR) is 129 cm³/mol. The third-order valence-corrected chi connectivity index (χ3v) is 7.36. The summed E-state index contributed by atoms with van der Waals surface area (Å²) in [6.07, 6.45) is 0.378. The van der Waals surface area contributed by atoms with Crippen molar-refractivity contribution in [1.29, 1.82) is 0 Å². The van der Waals surface area contributed by atoms with Gasteiger partial charge in [-0.2, -0.15) is 0 Å². The monoisotopic (exact) mass is 489 g/mol. The summed E-state index contributed by atoms with van der Waals surface area (Å²) >= 11 is 0. The number of fused-ring (bicyclic) bond motifs is 1. The third-order valence-electron chi connectivity index (χ3n) is 5.62. The van der Waals surface area contributed by atoms with E-state index in [2.05, 4.69) is 5.32 Å². The number of rotatable bonds is 10. The van der Waals surface area contributed by atoms with Gasteiger partial charge in [-0.3, -0.25) is 13.9 Å². The number of nitrogens with zero attached hydrogens (tertiary/aromatic N) is 2. The van der Waals surface area contributed by atoms with Crippen LogP contribution in [0.5, 0.6) is 11.5 Å². The number of nitrogens with one attached hydrogen (secondary N) is 1. The number of hydrogen-bond donors (Lipinski definition) is 1. The molecule has 1 unspecified atom stereocenters. The Morgan fingerprint density at radius 1 is 1.03 bits per heavy atom. The Bertz CT molecular complexity index is 1110. The lowest BCUT2D eigenvalue weighted by Gasteiger charge is -2.33. The SMILES string of the molecule is CCC(C(=O)NC)N(Cc1ccccc1)C(=O)CN(c1ccc2c(c1)OCCO2)S(=O)(=O)CC. The number of carbonyl (C=O) groups excluding carboxylic acids is 2. The molecule has 1 N–H and O–H groups in total. The maximum atomic E-state index is 13.6. The van der Waals surface area contributed by atoms with Crippen LogP contribution < -0.4 is 19.1 Å². The van der Waals surface area contributed by atoms with Crippen LogP contribution in [0.3, 0.4) is 0 Å². The van der Waals surface area contributed by atoms with Gasteiger partial charge in [-0.25, -0.2) is 8.42 Å². The number of sulfonamides is 1. The second-order valence-corrected chi connectivity index (χ2v) is 9.96. The first-order valence-corrected chi connectivity index (χ1v) is 12.9. The average Bonchev–Trinajstić information content (AvgIpc) is 2.87. The maximum Gasteiger partial charge on any atom is 0.244 e. The molecule has 1 atom stereocenters. The van der Waals surface area contributed by atoms with Crippen molar-refractivity contribution in [1.82, 2.24) is 10.2 Å². The standard InChI is InChI=1S/C24H31N3O6S/c1-4-20(24(29)25-3)26(16-18-9-7-6-8-10-18)23(28)17-27(34(30,31)5-2)19-11-12-21-22(15-19)33-14-13-32-21/h6-12,15,20H,4-5,13-14,16-17H2,1-3H3,(H,25,29). The summed E-state index contributed by atoms with van der Waals surface area (Å²) in [5, 5.41) is 2.60. The van der Waals surface area contributed by atoms with Gasteiger partial charge in [0.25, 0.3) is 0 Å². The average molecular weight is 490 g/mol. The van der Waals surface area contributed by atoms with E-state index < -0.39 is 28.5 Å². The fourth-order valence-corrected chi connectivity index (χ4v) is 4.83. The summed E-state index contributed by atoms with van der Waals surface area (Å²) in [5.41, 5.74) is 1.13. The number of likely N-dealkylation sites (N-methyl/N-ethyl adjacent to an activating group) is 1. The first-order chi connectivity index (χ1) is 16.3. The van der Waals surface area contributed by atoms with E-state index in [0.29, 0.717) is 36.8 Å². The van der Waals surface area contributed by atoms with E-state index in [1.54, 1.807) is 18.2 Å². The molecule has 34 heavy (non-hydrogen) atoms. The summed E-state index contributed by atoms with van der Waals surface area (Å²) in [7, 11) is -2.30. The number of hydrogen-bond acceptors (Lipinski definition) is 6. The first-order valence-electron chi connectivity index (χ1n) is 11.3. The lowest BCUT2D eigenvalue weighted by molar-refractivity contribution is -0.140. The molecule has 184 valence electrons. The third kappa shape index (κ3) is 5.80. The van der Waals surface area contributed by atoms with Gasteiger partial charge in [-0.05, 0) is 31.0 Å². The number of benzene rings is 2. The molecule has 2 aromatic rings. The fourth-order valence-electron chi connectivity index (χ4n) is 3.77. The van der Waals surface area contributed by atoms with Gasteiger partial charge in [-0.15, -0.1) is 0 Å². The van der Waals surface area contributed by atoms with Crippen LogP contribution in [-0.4, -0.2) is 63.7 Å². The van der Waals surface area contributed by atoms with Crippen LogP contribution in [-0.2, 0) is 26.2 Å². The maximum absolute atomic E-state index is 13.6. The summed E-state index contributed by atoms with van der Waals surface area (Å²) in [4.78, 5) is 27.6. The molecule has 0 radical (unpaired) electrons. The van der Waals surface area contributed by atoms with Crippen molar-refractivity contribution in [3.05, 3.63) is 54.1 Å². The van der Waals surface area contributed by atoms with Gasteiger partial charge in [0.05, 0.1) is 11.4 Å². The molecule has 2 amide bonds. The zero-order chi connectivity index (χ0) is 24.7. The van der Waals surface area contributed by atoms with Crippen LogP contribution in [0.15, 0.2) is 48.5 Å². The van der Waals surface area contributed by atoms with Gasteiger partial charge < -0.3 is 19.7 Å². The number of amides is 2. The van der Waals surface area contributed by atoms with Crippen molar-refractivity contribution in [2.75, 3.05) is 36.9 Å². The molecule has 10 heteroatoms. The number of ether oxygens (including phenoxy) is 2. The second kappa shape index (κ2) is 11.2. The molecule has 1 aliphatic rings. The highest BCUT2D eigenvalue weighted by molar-refractivity contribution is 7.92. The van der Waals surface area contributed by atoms with Crippen LogP contribution in [0.1, 0.15) is 25.8 Å². The van der Waals surface area contributed by atoms with Crippen molar-refractivity contribution in [3.8, 4) is 11.5 Å². The minimum absolute atomic E-state index is 0.173. The normalized spacial score (nSPS) is 13.6. The fraction of sp³-hybridized carbons (Fsp3) is 0.417. The van der Waals surface area contributed by atoms with Gasteiger partial charge in [0.15, 0.2) is 11.5 Å². The van der Waals surface area contributed by atoms with E-state index in [-0.39, 0.29) is 18.2 Å². The minimum Gasteiger partial charge on any atom is -0.486 e. The van der Waals surface area contributed by atoms with Crippen LogP contribution in [0.2, 0.25) is 0 Å². The molecule has 0 saturated carbocycles. The van der Waals surface area contributed by atoms with E-state index in [4.69, 9.17) is 9.47 Å². The topological polar surface area (TPSA) is 105 Å². The molecular formula is C24H31N3O6S. The summed E-state index contributed by atoms with van der Waals surface area (Å²) in [6.45, 7) is 3.82. The Morgan fingerprint density at radius 2 is 1.71 bits per heavy atom. The van der Waals surface area contributed by atoms with Crippen molar-refractivity contribution < 1.29 is 27.5 Å². The summed E-state index contributed by atoms with van der Waals surface area (Å²) < 4.78 is 38.2. The lowest BCUT2D eigenvalue weighted by Crippen LogP contribution is -2.52. The van der Waals surface area contributed by atoms with Crippen molar-refractivity contribution >= 4 is 27.5 Å². The number of anilines is 1. The van der Waals surface area contributed by atoms with Gasteiger partial charge in [0, 0.05) is 19.7 Å². The Morgan fingerprint density at radius 3 is 2.32 bits per heavy atom. The Kier molecular flexibility index (Phi) is 8.38. The molecule has 1 aliphatic heterocycles. The van der Waals surface area contributed by atoms with E-state index in [0.717, 1.165) is 9.87 Å². The Balaban J connectivity index is 1.96. The highest BCUT2D eigenvalue weighted by Crippen LogP contribution is 2.35. The van der Waals surface area contributed by atoms with E-state index in [1.807, 2.05) is 37.3 Å². The van der Waals surface area contributed by atoms with Crippen LogP contribution in [0.4, 0.5) is 5.69 Å². The quantitative estimate of drug-likeness (QED) is 0.548. The molecule has 1 heterocycles. The van der Waals surface area contributed by atoms with E-state index in [1.165, 1.54) is 18.9 Å². The van der Waals surface area contributed by atoms with Gasteiger partial charge in [0.1, 0.15) is 25.8 Å². The molecule has 0 aliphatic carbocycles. The largest absolute Gasteiger partial charge is 0.486 e. The smallest absolute Gasteiger partial charge is 0.244 e. The van der Waals surface area contributed by atoms with Crippen molar-refractivity contribution in [3.63, 3.8) is 0 Å². The van der Waals surface area contributed by atoms with Crippen molar-refractivity contribution in [2.24, 2.45) is 0 Å². The zero-order valence-corrected chi connectivity index (χ0v) is 20.5. The van der Waals surface area contributed by atoms with Gasteiger partial charge in [0.2, 0.25) is 21.8 Å². The summed E-state index contributed by atoms with van der Waals surface area (Å²) in [6, 6.07) is 13.3. The highest BCUT2D eigenvalue weighted by Gasteiger charge is 2.32. The lowest BCUT2D eigenvalue weighted by atomic mass is 10.1. The highest BCUT2D eigenvalue weighted by atomic mass is 32.2. The van der Waals surface area contributed by atoms with Gasteiger partial charge >= 0.3 is 0 Å².